The van der Waals surface area contributed by atoms with Crippen LogP contribution >= 0.6 is 0 Å². The van der Waals surface area contributed by atoms with Gasteiger partial charge in [0, 0.05) is 5.56 Å². The second-order valence-corrected chi connectivity index (χ2v) is 5.27. The standard InChI is InChI=1S/C17H28O3/c1-4-7-8-11-20-17-14(10-6-3)13(9-5-2)12-15(18)16(17)19/h12,18-19H,4-11H2,1-3H3. The molecule has 0 saturated carbocycles. The van der Waals surface area contributed by atoms with Crippen molar-refractivity contribution in [1.82, 2.24) is 0 Å². The van der Waals surface area contributed by atoms with Crippen LogP contribution in [0.15, 0.2) is 6.07 Å². The van der Waals surface area contributed by atoms with Gasteiger partial charge in [-0.1, -0.05) is 46.5 Å². The molecule has 0 saturated heterocycles. The first-order valence-corrected chi connectivity index (χ1v) is 7.85. The van der Waals surface area contributed by atoms with Crippen LogP contribution in [-0.4, -0.2) is 16.8 Å². The number of aryl methyl sites for hydroxylation is 1. The summed E-state index contributed by atoms with van der Waals surface area (Å²) in [6, 6.07) is 1.68. The molecule has 1 rings (SSSR count). The Morgan fingerprint density at radius 1 is 0.950 bits per heavy atom. The highest BCUT2D eigenvalue weighted by Crippen LogP contribution is 2.41. The molecule has 0 radical (unpaired) electrons. The van der Waals surface area contributed by atoms with Gasteiger partial charge in [0.05, 0.1) is 6.61 Å². The Bertz CT molecular complexity index is 413. The smallest absolute Gasteiger partial charge is 0.200 e. The van der Waals surface area contributed by atoms with E-state index < -0.39 is 0 Å². The number of ether oxygens (including phenoxy) is 1. The highest BCUT2D eigenvalue weighted by atomic mass is 16.5. The van der Waals surface area contributed by atoms with Gasteiger partial charge < -0.3 is 14.9 Å². The topological polar surface area (TPSA) is 49.7 Å². The molecule has 0 fully saturated rings. The normalized spacial score (nSPS) is 10.8. The Labute approximate surface area is 122 Å². The van der Waals surface area contributed by atoms with Crippen LogP contribution in [-0.2, 0) is 12.8 Å². The summed E-state index contributed by atoms with van der Waals surface area (Å²) >= 11 is 0. The van der Waals surface area contributed by atoms with Crippen molar-refractivity contribution in [3.05, 3.63) is 17.2 Å². The number of phenols is 2. The van der Waals surface area contributed by atoms with Gasteiger partial charge in [0.1, 0.15) is 0 Å². The molecule has 0 spiro atoms. The molecule has 0 aliphatic rings. The van der Waals surface area contributed by atoms with Crippen LogP contribution in [0.2, 0.25) is 0 Å². The summed E-state index contributed by atoms with van der Waals surface area (Å²) in [4.78, 5) is 0. The van der Waals surface area contributed by atoms with Crippen LogP contribution in [0.4, 0.5) is 0 Å². The van der Waals surface area contributed by atoms with Gasteiger partial charge in [-0.3, -0.25) is 0 Å². The van der Waals surface area contributed by atoms with E-state index >= 15 is 0 Å². The monoisotopic (exact) mass is 280 g/mol. The Balaban J connectivity index is 3.02. The maximum atomic E-state index is 10.1. The van der Waals surface area contributed by atoms with E-state index in [1.54, 1.807) is 6.07 Å². The van der Waals surface area contributed by atoms with Crippen molar-refractivity contribution in [2.24, 2.45) is 0 Å². The van der Waals surface area contributed by atoms with E-state index in [2.05, 4.69) is 20.8 Å². The lowest BCUT2D eigenvalue weighted by Crippen LogP contribution is -2.04. The Hall–Kier alpha value is -1.38. The third-order valence-electron chi connectivity index (χ3n) is 3.44. The molecule has 0 bridgehead atoms. The van der Waals surface area contributed by atoms with Crippen LogP contribution in [0.3, 0.4) is 0 Å². The van der Waals surface area contributed by atoms with Gasteiger partial charge in [0.15, 0.2) is 11.5 Å². The molecule has 0 unspecified atom stereocenters. The van der Waals surface area contributed by atoms with Crippen LogP contribution in [0.5, 0.6) is 17.2 Å². The van der Waals surface area contributed by atoms with Crippen LogP contribution in [0.1, 0.15) is 64.0 Å². The van der Waals surface area contributed by atoms with Crippen LogP contribution in [0.25, 0.3) is 0 Å². The summed E-state index contributed by atoms with van der Waals surface area (Å²) in [7, 11) is 0. The van der Waals surface area contributed by atoms with Gasteiger partial charge in [0.25, 0.3) is 0 Å². The van der Waals surface area contributed by atoms with E-state index in [9.17, 15) is 10.2 Å². The predicted molar refractivity (Wildman–Crippen MR) is 82.8 cm³/mol. The molecular weight excluding hydrogens is 252 g/mol. The van der Waals surface area contributed by atoms with Gasteiger partial charge in [-0.05, 0) is 30.9 Å². The highest BCUT2D eigenvalue weighted by molar-refractivity contribution is 5.57. The van der Waals surface area contributed by atoms with Gasteiger partial charge >= 0.3 is 0 Å². The molecule has 0 aromatic heterocycles. The Morgan fingerprint density at radius 3 is 2.25 bits per heavy atom. The van der Waals surface area contributed by atoms with E-state index in [-0.39, 0.29) is 11.5 Å². The summed E-state index contributed by atoms with van der Waals surface area (Å²) in [5, 5.41) is 20.0. The molecule has 2 N–H and O–H groups in total. The van der Waals surface area contributed by atoms with Gasteiger partial charge in [-0.25, -0.2) is 0 Å². The number of unbranched alkanes of at least 4 members (excludes halogenated alkanes) is 2. The summed E-state index contributed by atoms with van der Waals surface area (Å²) in [5.41, 5.74) is 2.15. The first kappa shape index (κ1) is 16.7. The van der Waals surface area contributed by atoms with Crippen molar-refractivity contribution in [2.45, 2.75) is 65.7 Å². The summed E-state index contributed by atoms with van der Waals surface area (Å²) in [5.74, 6) is 0.315. The number of hydrogen-bond acceptors (Lipinski definition) is 3. The maximum Gasteiger partial charge on any atom is 0.200 e. The predicted octanol–water partition coefficient (Wildman–Crippen LogP) is 4.57. The molecule has 0 atom stereocenters. The fourth-order valence-corrected chi connectivity index (χ4v) is 2.42. The zero-order valence-electron chi connectivity index (χ0n) is 13.0. The second kappa shape index (κ2) is 8.72. The minimum Gasteiger partial charge on any atom is -0.504 e. The first-order valence-electron chi connectivity index (χ1n) is 7.85. The number of rotatable bonds is 9. The molecule has 1 aromatic carbocycles. The minimum absolute atomic E-state index is 0.0706. The fraction of sp³-hybridized carbons (Fsp3) is 0.647. The molecule has 20 heavy (non-hydrogen) atoms. The van der Waals surface area contributed by atoms with Gasteiger partial charge in [-0.2, -0.15) is 0 Å². The fourth-order valence-electron chi connectivity index (χ4n) is 2.42. The van der Waals surface area contributed by atoms with E-state index in [4.69, 9.17) is 4.74 Å². The number of hydrogen-bond donors (Lipinski definition) is 2. The molecule has 0 heterocycles. The van der Waals surface area contributed by atoms with E-state index in [1.807, 2.05) is 0 Å². The summed E-state index contributed by atoms with van der Waals surface area (Å²) in [6.45, 7) is 6.96. The molecule has 0 amide bonds. The third kappa shape index (κ3) is 4.32. The first-order chi connectivity index (χ1) is 9.65. The van der Waals surface area contributed by atoms with Crippen molar-refractivity contribution in [2.75, 3.05) is 6.61 Å². The van der Waals surface area contributed by atoms with Crippen LogP contribution in [0, 0.1) is 0 Å². The highest BCUT2D eigenvalue weighted by Gasteiger charge is 2.17. The van der Waals surface area contributed by atoms with Crippen molar-refractivity contribution in [3.8, 4) is 17.2 Å². The molecular formula is C17H28O3. The van der Waals surface area contributed by atoms with Crippen LogP contribution < -0.4 is 4.74 Å². The van der Waals surface area contributed by atoms with Gasteiger partial charge in [0.2, 0.25) is 5.75 Å². The maximum absolute atomic E-state index is 10.1. The lowest BCUT2D eigenvalue weighted by atomic mass is 9.97. The largest absolute Gasteiger partial charge is 0.504 e. The number of benzene rings is 1. The lowest BCUT2D eigenvalue weighted by Gasteiger charge is -2.17. The Kier molecular flexibility index (Phi) is 7.27. The van der Waals surface area contributed by atoms with Crippen molar-refractivity contribution in [3.63, 3.8) is 0 Å². The summed E-state index contributed by atoms with van der Waals surface area (Å²) < 4.78 is 5.78. The quantitative estimate of drug-likeness (QED) is 0.514. The average molecular weight is 280 g/mol. The molecule has 114 valence electrons. The van der Waals surface area contributed by atoms with E-state index in [0.717, 1.165) is 56.1 Å². The molecule has 0 aliphatic carbocycles. The van der Waals surface area contributed by atoms with E-state index in [1.165, 1.54) is 0 Å². The molecule has 1 aromatic rings. The van der Waals surface area contributed by atoms with Crippen molar-refractivity contribution in [1.29, 1.82) is 0 Å². The zero-order valence-corrected chi connectivity index (χ0v) is 13.0. The molecule has 3 nitrogen and oxygen atoms in total. The van der Waals surface area contributed by atoms with Gasteiger partial charge in [-0.15, -0.1) is 0 Å². The molecule has 0 aliphatic heterocycles. The average Bonchev–Trinajstić information content (AvgIpc) is 2.43. The second-order valence-electron chi connectivity index (χ2n) is 5.27. The molecule has 3 heteroatoms. The number of aromatic hydroxyl groups is 2. The minimum atomic E-state index is -0.107. The summed E-state index contributed by atoms with van der Waals surface area (Å²) in [6.07, 6.45) is 6.99. The zero-order chi connectivity index (χ0) is 15.0. The Morgan fingerprint density at radius 2 is 1.65 bits per heavy atom. The van der Waals surface area contributed by atoms with E-state index in [0.29, 0.717) is 12.4 Å². The van der Waals surface area contributed by atoms with Crippen molar-refractivity contribution < 1.29 is 14.9 Å². The third-order valence-corrected chi connectivity index (χ3v) is 3.44. The SMILES string of the molecule is CCCCCOc1c(O)c(O)cc(CCC)c1CCC. The van der Waals surface area contributed by atoms with Crippen molar-refractivity contribution >= 4 is 0 Å². The number of phenolic OH excluding ortho intramolecular Hbond substituents is 2. The lowest BCUT2D eigenvalue weighted by molar-refractivity contribution is 0.281.